The molecule has 0 aromatic heterocycles. The number of benzene rings is 3. The van der Waals surface area contributed by atoms with Crippen LogP contribution >= 0.6 is 0 Å². The summed E-state index contributed by atoms with van der Waals surface area (Å²) in [5, 5.41) is 0. The van der Waals surface area contributed by atoms with E-state index in [9.17, 15) is 9.59 Å². The van der Waals surface area contributed by atoms with Crippen LogP contribution in [0.1, 0.15) is 26.3 Å². The van der Waals surface area contributed by atoms with Crippen LogP contribution in [0, 0.1) is 0 Å². The summed E-state index contributed by atoms with van der Waals surface area (Å²) in [4.78, 5) is 27.5. The van der Waals surface area contributed by atoms with Gasteiger partial charge in [0, 0.05) is 11.1 Å². The molecule has 3 heteroatoms. The third-order valence-electron chi connectivity index (χ3n) is 4.19. The fraction of sp³-hybridized carbons (Fsp3) is 0. The molecule has 1 aliphatic heterocycles. The van der Waals surface area contributed by atoms with Crippen LogP contribution in [0.5, 0.6) is 0 Å². The summed E-state index contributed by atoms with van der Waals surface area (Å²) in [6, 6.07) is 25.8. The van der Waals surface area contributed by atoms with Gasteiger partial charge in [-0.15, -0.1) is 0 Å². The van der Waals surface area contributed by atoms with E-state index in [1.165, 1.54) is 4.90 Å². The molecule has 0 atom stereocenters. The number of hydrogen-bond acceptors (Lipinski definition) is 2. The van der Waals surface area contributed by atoms with Gasteiger partial charge in [-0.25, -0.2) is 0 Å². The molecular formula is C22H15NO2. The zero-order valence-electron chi connectivity index (χ0n) is 13.4. The molecule has 0 saturated heterocycles. The first-order valence-electron chi connectivity index (χ1n) is 8.06. The summed E-state index contributed by atoms with van der Waals surface area (Å²) in [5.74, 6) is -0.343. The Morgan fingerprint density at radius 3 is 2.08 bits per heavy atom. The van der Waals surface area contributed by atoms with E-state index in [0.717, 1.165) is 5.56 Å². The highest BCUT2D eigenvalue weighted by Crippen LogP contribution is 2.36. The van der Waals surface area contributed by atoms with Crippen molar-refractivity contribution in [1.29, 1.82) is 0 Å². The van der Waals surface area contributed by atoms with Gasteiger partial charge in [-0.3, -0.25) is 14.5 Å². The van der Waals surface area contributed by atoms with E-state index in [1.807, 2.05) is 60.7 Å². The van der Waals surface area contributed by atoms with Gasteiger partial charge < -0.3 is 0 Å². The fourth-order valence-corrected chi connectivity index (χ4v) is 3.00. The Morgan fingerprint density at radius 1 is 0.760 bits per heavy atom. The van der Waals surface area contributed by atoms with Crippen molar-refractivity contribution in [2.24, 2.45) is 0 Å². The number of carbonyl (C=O) groups excluding carboxylic acids is 2. The summed E-state index contributed by atoms with van der Waals surface area (Å²) in [5.41, 5.74) is 2.98. The highest BCUT2D eigenvalue weighted by Gasteiger charge is 2.36. The van der Waals surface area contributed by atoms with Crippen molar-refractivity contribution in [2.45, 2.75) is 0 Å². The molecule has 1 amide bonds. The number of hydrogen-bond donors (Lipinski definition) is 0. The molecule has 0 N–H and O–H groups in total. The number of carbonyl (C=O) groups is 2. The van der Waals surface area contributed by atoms with Crippen LogP contribution in [-0.2, 0) is 0 Å². The van der Waals surface area contributed by atoms with Gasteiger partial charge in [0.05, 0.1) is 11.4 Å². The second kappa shape index (κ2) is 6.21. The second-order valence-corrected chi connectivity index (χ2v) is 5.79. The predicted molar refractivity (Wildman–Crippen MR) is 98.4 cm³/mol. The van der Waals surface area contributed by atoms with E-state index in [1.54, 1.807) is 30.3 Å². The molecule has 0 saturated carbocycles. The number of amides is 1. The first-order chi connectivity index (χ1) is 12.3. The number of rotatable bonds is 2. The zero-order valence-corrected chi connectivity index (χ0v) is 13.4. The van der Waals surface area contributed by atoms with E-state index < -0.39 is 0 Å². The Hall–Kier alpha value is -3.46. The van der Waals surface area contributed by atoms with Crippen LogP contribution in [0.25, 0.3) is 6.08 Å². The average Bonchev–Trinajstić information content (AvgIpc) is 2.95. The first-order valence-corrected chi connectivity index (χ1v) is 8.06. The Morgan fingerprint density at radius 2 is 1.36 bits per heavy atom. The van der Waals surface area contributed by atoms with Crippen LogP contribution in [0.3, 0.4) is 0 Å². The lowest BCUT2D eigenvalue weighted by atomic mass is 10.1. The third-order valence-corrected chi connectivity index (χ3v) is 4.19. The van der Waals surface area contributed by atoms with E-state index in [4.69, 9.17) is 0 Å². The van der Waals surface area contributed by atoms with Crippen molar-refractivity contribution in [1.82, 2.24) is 0 Å². The molecule has 0 fully saturated rings. The largest absolute Gasteiger partial charge is 0.287 e. The van der Waals surface area contributed by atoms with Crippen LogP contribution in [0.15, 0.2) is 90.6 Å². The van der Waals surface area contributed by atoms with Crippen molar-refractivity contribution in [2.75, 3.05) is 4.90 Å². The maximum Gasteiger partial charge on any atom is 0.262 e. The molecule has 3 nitrogen and oxygen atoms in total. The van der Waals surface area contributed by atoms with Crippen molar-refractivity contribution in [3.63, 3.8) is 0 Å². The second-order valence-electron chi connectivity index (χ2n) is 5.79. The lowest BCUT2D eigenvalue weighted by molar-refractivity contribution is 0.0974. The molecule has 25 heavy (non-hydrogen) atoms. The molecule has 3 aromatic rings. The maximum atomic E-state index is 13.1. The molecule has 0 radical (unpaired) electrons. The smallest absolute Gasteiger partial charge is 0.262 e. The van der Waals surface area contributed by atoms with Gasteiger partial charge in [0.1, 0.15) is 0 Å². The zero-order chi connectivity index (χ0) is 17.2. The summed E-state index contributed by atoms with van der Waals surface area (Å²) < 4.78 is 0. The van der Waals surface area contributed by atoms with Crippen LogP contribution in [-0.4, -0.2) is 11.7 Å². The van der Waals surface area contributed by atoms with Gasteiger partial charge >= 0.3 is 0 Å². The van der Waals surface area contributed by atoms with Gasteiger partial charge in [-0.2, -0.15) is 0 Å². The minimum atomic E-state index is -0.207. The molecule has 1 aliphatic rings. The Labute approximate surface area is 145 Å². The van der Waals surface area contributed by atoms with Crippen molar-refractivity contribution in [3.8, 4) is 0 Å². The van der Waals surface area contributed by atoms with Crippen molar-refractivity contribution >= 4 is 23.5 Å². The van der Waals surface area contributed by atoms with Gasteiger partial charge in [0.15, 0.2) is 0 Å². The quantitative estimate of drug-likeness (QED) is 0.647. The lowest BCUT2D eigenvalue weighted by Gasteiger charge is -2.18. The van der Waals surface area contributed by atoms with Gasteiger partial charge in [0.25, 0.3) is 5.91 Å². The topological polar surface area (TPSA) is 37.4 Å². The van der Waals surface area contributed by atoms with Crippen LogP contribution in [0.2, 0.25) is 0 Å². The Balaban J connectivity index is 1.86. The number of allylic oxidation sites excluding steroid dienone is 1. The molecular weight excluding hydrogens is 310 g/mol. The van der Waals surface area contributed by atoms with E-state index in [-0.39, 0.29) is 11.7 Å². The summed E-state index contributed by atoms with van der Waals surface area (Å²) >= 11 is 0. The molecule has 3 aromatic carbocycles. The van der Waals surface area contributed by atoms with Gasteiger partial charge in [-0.05, 0) is 35.9 Å². The SMILES string of the molecule is O=C1/C(=C\c2ccccc2)N(C(=O)c2ccccc2)c2ccccc21. The molecule has 120 valence electrons. The standard InChI is InChI=1S/C22H15NO2/c24-21-18-13-7-8-14-19(18)23(22(25)17-11-5-2-6-12-17)20(21)15-16-9-3-1-4-10-16/h1-15H/b20-15+. The molecule has 0 aliphatic carbocycles. The van der Waals surface area contributed by atoms with Crippen molar-refractivity contribution in [3.05, 3.63) is 107 Å². The van der Waals surface area contributed by atoms with E-state index in [0.29, 0.717) is 22.5 Å². The monoisotopic (exact) mass is 325 g/mol. The minimum Gasteiger partial charge on any atom is -0.287 e. The third kappa shape index (κ3) is 2.66. The van der Waals surface area contributed by atoms with E-state index >= 15 is 0 Å². The Kier molecular flexibility index (Phi) is 3.75. The number of ketones is 1. The average molecular weight is 325 g/mol. The van der Waals surface area contributed by atoms with Crippen LogP contribution < -0.4 is 4.90 Å². The summed E-state index contributed by atoms with van der Waals surface area (Å²) in [7, 11) is 0. The van der Waals surface area contributed by atoms with Gasteiger partial charge in [-0.1, -0.05) is 60.7 Å². The molecule has 1 heterocycles. The number of anilines is 1. The summed E-state index contributed by atoms with van der Waals surface area (Å²) in [6.07, 6.45) is 1.77. The Bertz CT molecular complexity index is 975. The minimum absolute atomic E-state index is 0.135. The normalized spacial score (nSPS) is 14.6. The highest BCUT2D eigenvalue weighted by molar-refractivity contribution is 6.29. The van der Waals surface area contributed by atoms with Crippen molar-refractivity contribution < 1.29 is 9.59 Å². The summed E-state index contributed by atoms with van der Waals surface area (Å²) in [6.45, 7) is 0. The number of fused-ring (bicyclic) bond motifs is 1. The number of Topliss-reactive ketones (excluding diaryl/α,β-unsaturated/α-hetero) is 1. The number of nitrogens with zero attached hydrogens (tertiary/aromatic N) is 1. The number of para-hydroxylation sites is 1. The molecule has 0 spiro atoms. The predicted octanol–water partition coefficient (Wildman–Crippen LogP) is 4.57. The van der Waals surface area contributed by atoms with Gasteiger partial charge in [0.2, 0.25) is 5.78 Å². The maximum absolute atomic E-state index is 13.1. The molecule has 0 unspecified atom stereocenters. The fourth-order valence-electron chi connectivity index (χ4n) is 3.00. The van der Waals surface area contributed by atoms with Crippen LogP contribution in [0.4, 0.5) is 5.69 Å². The first kappa shape index (κ1) is 15.1. The highest BCUT2D eigenvalue weighted by atomic mass is 16.2. The molecule has 0 bridgehead atoms. The van der Waals surface area contributed by atoms with E-state index in [2.05, 4.69) is 0 Å². The molecule has 4 rings (SSSR count). The lowest BCUT2D eigenvalue weighted by Crippen LogP contribution is -2.28.